The zero-order chi connectivity index (χ0) is 20.1. The van der Waals surface area contributed by atoms with Crippen molar-refractivity contribution in [2.24, 2.45) is 0 Å². The van der Waals surface area contributed by atoms with E-state index in [1.165, 1.54) is 4.70 Å². The van der Waals surface area contributed by atoms with E-state index in [1.807, 2.05) is 24.3 Å². The molecule has 30 heavy (non-hydrogen) atoms. The summed E-state index contributed by atoms with van der Waals surface area (Å²) in [4.78, 5) is 7.60. The molecular formula is C21H18N4O3S2. The largest absolute Gasteiger partial charge is 0.454 e. The molecule has 0 bridgehead atoms. The third kappa shape index (κ3) is 3.10. The van der Waals surface area contributed by atoms with Gasteiger partial charge in [-0.15, -0.1) is 16.4 Å². The van der Waals surface area contributed by atoms with Gasteiger partial charge in [0.05, 0.1) is 22.9 Å². The molecule has 2 aliphatic heterocycles. The van der Waals surface area contributed by atoms with Crippen molar-refractivity contribution in [3.63, 3.8) is 0 Å². The van der Waals surface area contributed by atoms with E-state index < -0.39 is 0 Å². The van der Waals surface area contributed by atoms with Crippen molar-refractivity contribution in [2.45, 2.75) is 25.6 Å². The van der Waals surface area contributed by atoms with E-state index in [0.29, 0.717) is 23.1 Å². The molecular weight excluding hydrogens is 420 g/mol. The molecule has 6 rings (SSSR count). The summed E-state index contributed by atoms with van der Waals surface area (Å²) in [5, 5.41) is 5.78. The number of likely N-dealkylation sites (tertiary alicyclic amines) is 1. The zero-order valence-electron chi connectivity index (χ0n) is 16.0. The third-order valence-corrected chi connectivity index (χ3v) is 6.93. The van der Waals surface area contributed by atoms with Crippen LogP contribution in [0.1, 0.15) is 23.9 Å². The van der Waals surface area contributed by atoms with Gasteiger partial charge >= 0.3 is 0 Å². The normalized spacial score (nSPS) is 18.5. The van der Waals surface area contributed by atoms with Crippen LogP contribution in [0, 0.1) is 4.84 Å². The summed E-state index contributed by atoms with van der Waals surface area (Å²) in [6.07, 6.45) is 2.21. The Balaban J connectivity index is 1.27. The van der Waals surface area contributed by atoms with Gasteiger partial charge in [-0.1, -0.05) is 12.1 Å². The van der Waals surface area contributed by atoms with Gasteiger partial charge in [-0.3, -0.25) is 4.90 Å². The average molecular weight is 439 g/mol. The number of aromatic nitrogens is 3. The number of rotatable bonds is 4. The van der Waals surface area contributed by atoms with Crippen LogP contribution in [0.15, 0.2) is 46.9 Å². The minimum Gasteiger partial charge on any atom is -0.454 e. The van der Waals surface area contributed by atoms with Crippen LogP contribution in [0.5, 0.6) is 11.5 Å². The molecule has 9 heteroatoms. The molecule has 0 N–H and O–H groups in total. The van der Waals surface area contributed by atoms with Gasteiger partial charge in [0.1, 0.15) is 5.01 Å². The van der Waals surface area contributed by atoms with Gasteiger partial charge in [-0.05, 0) is 55.4 Å². The molecule has 4 aromatic rings. The molecule has 0 radical (unpaired) electrons. The SMILES string of the molecule is S=c1oc(-c2ccc3c(c2)OCO3)nn1CN1CCC[C@H]1c1nc2ccccc2s1. The molecule has 152 valence electrons. The van der Waals surface area contributed by atoms with Crippen molar-refractivity contribution in [1.82, 2.24) is 19.7 Å². The van der Waals surface area contributed by atoms with Gasteiger partial charge in [0, 0.05) is 12.1 Å². The van der Waals surface area contributed by atoms with E-state index in [2.05, 4.69) is 28.2 Å². The molecule has 1 fully saturated rings. The molecule has 0 saturated carbocycles. The first-order valence-corrected chi connectivity index (χ1v) is 11.0. The van der Waals surface area contributed by atoms with Gasteiger partial charge in [0.15, 0.2) is 11.5 Å². The second kappa shape index (κ2) is 7.19. The number of para-hydroxylation sites is 1. The van der Waals surface area contributed by atoms with E-state index in [4.69, 9.17) is 31.1 Å². The van der Waals surface area contributed by atoms with Gasteiger partial charge in [-0.2, -0.15) is 0 Å². The lowest BCUT2D eigenvalue weighted by atomic mass is 10.2. The van der Waals surface area contributed by atoms with Gasteiger partial charge in [0.2, 0.25) is 12.7 Å². The third-order valence-electron chi connectivity index (χ3n) is 5.50. The van der Waals surface area contributed by atoms with Crippen molar-refractivity contribution in [1.29, 1.82) is 0 Å². The number of hydrogen-bond acceptors (Lipinski definition) is 8. The lowest BCUT2D eigenvalue weighted by Gasteiger charge is -2.21. The number of fused-ring (bicyclic) bond motifs is 2. The molecule has 2 aliphatic rings. The molecule has 0 amide bonds. The monoisotopic (exact) mass is 438 g/mol. The maximum Gasteiger partial charge on any atom is 0.288 e. The molecule has 2 aromatic carbocycles. The van der Waals surface area contributed by atoms with E-state index in [9.17, 15) is 0 Å². The number of thiazole rings is 1. The van der Waals surface area contributed by atoms with Gasteiger partial charge in [0.25, 0.3) is 4.84 Å². The summed E-state index contributed by atoms with van der Waals surface area (Å²) >= 11 is 7.22. The first kappa shape index (κ1) is 18.1. The summed E-state index contributed by atoms with van der Waals surface area (Å²) in [6, 6.07) is 14.2. The lowest BCUT2D eigenvalue weighted by molar-refractivity contribution is 0.174. The van der Waals surface area contributed by atoms with Crippen molar-refractivity contribution in [3.05, 3.63) is 52.3 Å². The second-order valence-electron chi connectivity index (χ2n) is 7.37. The van der Waals surface area contributed by atoms with Crippen molar-refractivity contribution >= 4 is 33.8 Å². The van der Waals surface area contributed by atoms with E-state index in [1.54, 1.807) is 16.0 Å². The van der Waals surface area contributed by atoms with Crippen LogP contribution in [0.25, 0.3) is 21.7 Å². The fourth-order valence-electron chi connectivity index (χ4n) is 4.02. The maximum absolute atomic E-state index is 5.79. The van der Waals surface area contributed by atoms with E-state index >= 15 is 0 Å². The minimum atomic E-state index is 0.235. The Labute approximate surface area is 181 Å². The topological polar surface area (TPSA) is 65.6 Å². The summed E-state index contributed by atoms with van der Waals surface area (Å²) < 4.78 is 19.6. The summed E-state index contributed by atoms with van der Waals surface area (Å²) in [7, 11) is 0. The van der Waals surface area contributed by atoms with Crippen LogP contribution in [0.3, 0.4) is 0 Å². The number of nitrogens with zero attached hydrogens (tertiary/aromatic N) is 4. The maximum atomic E-state index is 5.79. The molecule has 1 saturated heterocycles. The summed E-state index contributed by atoms with van der Waals surface area (Å²) in [6.45, 7) is 1.79. The quantitative estimate of drug-likeness (QED) is 0.415. The molecule has 1 atom stereocenters. The lowest BCUT2D eigenvalue weighted by Crippen LogP contribution is -2.26. The van der Waals surface area contributed by atoms with Crippen molar-refractivity contribution in [2.75, 3.05) is 13.3 Å². The van der Waals surface area contributed by atoms with Gasteiger partial charge in [-0.25, -0.2) is 9.67 Å². The fraction of sp³-hybridized carbons (Fsp3) is 0.286. The Bertz CT molecular complexity index is 1260. The van der Waals surface area contributed by atoms with Crippen LogP contribution >= 0.6 is 23.6 Å². The predicted molar refractivity (Wildman–Crippen MR) is 115 cm³/mol. The zero-order valence-corrected chi connectivity index (χ0v) is 17.6. The predicted octanol–water partition coefficient (Wildman–Crippen LogP) is 5.01. The Morgan fingerprint density at radius 2 is 2.03 bits per heavy atom. The fourth-order valence-corrected chi connectivity index (χ4v) is 5.34. The first-order valence-electron chi connectivity index (χ1n) is 9.82. The second-order valence-corrected chi connectivity index (χ2v) is 8.78. The Hall–Kier alpha value is -2.75. The molecule has 7 nitrogen and oxygen atoms in total. The first-order chi connectivity index (χ1) is 14.7. The molecule has 0 unspecified atom stereocenters. The van der Waals surface area contributed by atoms with Gasteiger partial charge < -0.3 is 13.9 Å². The van der Waals surface area contributed by atoms with Crippen LogP contribution in [-0.2, 0) is 6.67 Å². The average Bonchev–Trinajstić information content (AvgIpc) is 3.54. The smallest absolute Gasteiger partial charge is 0.288 e. The Morgan fingerprint density at radius 3 is 2.97 bits per heavy atom. The molecule has 0 spiro atoms. The highest BCUT2D eigenvalue weighted by atomic mass is 32.1. The standard InChI is InChI=1S/C21H18N4O3S2/c29-21-25(23-19(28-21)13-7-8-16-17(10-13)27-12-26-16)11-24-9-3-5-15(24)20-22-14-4-1-2-6-18(14)30-20/h1-2,4,6-8,10,15H,3,5,9,11-12H2/t15-/m0/s1. The Kier molecular flexibility index (Phi) is 4.33. The highest BCUT2D eigenvalue weighted by Gasteiger charge is 2.29. The molecule has 4 heterocycles. The van der Waals surface area contributed by atoms with Crippen LogP contribution in [0.2, 0.25) is 0 Å². The number of benzene rings is 2. The summed E-state index contributed by atoms with van der Waals surface area (Å²) in [5.41, 5.74) is 1.88. The van der Waals surface area contributed by atoms with Crippen LogP contribution in [-0.4, -0.2) is 33.0 Å². The van der Waals surface area contributed by atoms with Crippen molar-refractivity contribution < 1.29 is 13.9 Å². The molecule has 0 aliphatic carbocycles. The molecule has 2 aromatic heterocycles. The summed E-state index contributed by atoms with van der Waals surface area (Å²) in [5.74, 6) is 1.90. The van der Waals surface area contributed by atoms with E-state index in [0.717, 1.165) is 41.2 Å². The number of hydrogen-bond donors (Lipinski definition) is 0. The van der Waals surface area contributed by atoms with Crippen LogP contribution in [0.4, 0.5) is 0 Å². The van der Waals surface area contributed by atoms with Crippen LogP contribution < -0.4 is 9.47 Å². The highest BCUT2D eigenvalue weighted by Crippen LogP contribution is 2.38. The van der Waals surface area contributed by atoms with Crippen molar-refractivity contribution in [3.8, 4) is 23.0 Å². The van der Waals surface area contributed by atoms with E-state index in [-0.39, 0.29) is 12.8 Å². The Morgan fingerprint density at radius 1 is 1.13 bits per heavy atom. The minimum absolute atomic E-state index is 0.235. The highest BCUT2D eigenvalue weighted by molar-refractivity contribution is 7.71. The number of ether oxygens (including phenoxy) is 2.